The first-order valence-corrected chi connectivity index (χ1v) is 24.3. The molecule has 0 bridgehead atoms. The van der Waals surface area contributed by atoms with Crippen LogP contribution in [-0.4, -0.2) is 187 Å². The topological polar surface area (TPSA) is 309 Å². The van der Waals surface area contributed by atoms with Crippen molar-refractivity contribution in [1.82, 2.24) is 10.6 Å². The molecule has 0 fully saturated rings. The molecular weight excluding hydrogens is 937 g/mol. The van der Waals surface area contributed by atoms with Crippen LogP contribution in [0, 0.1) is 23.2 Å². The summed E-state index contributed by atoms with van der Waals surface area (Å²) in [6, 6.07) is 0. The summed E-state index contributed by atoms with van der Waals surface area (Å²) < 4.78 is 42.4. The lowest BCUT2D eigenvalue weighted by Crippen LogP contribution is -2.29. The second-order valence-corrected chi connectivity index (χ2v) is 17.9. The summed E-state index contributed by atoms with van der Waals surface area (Å²) in [4.78, 5) is 114. The fourth-order valence-electron chi connectivity index (χ4n) is 5.49. The number of hydrogen-bond acceptors (Lipinski definition) is 18. The zero-order chi connectivity index (χ0) is 53.9. The number of carbonyl (C=O) groups excluding carboxylic acids is 8. The van der Waals surface area contributed by atoms with Crippen molar-refractivity contribution in [2.75, 3.05) is 119 Å². The van der Waals surface area contributed by atoms with Gasteiger partial charge in [0.1, 0.15) is 38.0 Å². The molecule has 0 rings (SSSR count). The zero-order valence-electron chi connectivity index (χ0n) is 43.3. The van der Waals surface area contributed by atoms with E-state index in [0.29, 0.717) is 65.3 Å². The molecule has 0 aromatic heterocycles. The monoisotopic (exact) mass is 1020 g/mol. The van der Waals surface area contributed by atoms with E-state index in [9.17, 15) is 47.9 Å². The van der Waals surface area contributed by atoms with E-state index < -0.39 is 29.2 Å². The number of carboxylic acid groups (broad SMARTS) is 2. The number of ether oxygens (including phenoxy) is 8. The first-order chi connectivity index (χ1) is 33.6. The third kappa shape index (κ3) is 46.4. The van der Waals surface area contributed by atoms with E-state index in [2.05, 4.69) is 10.6 Å². The van der Waals surface area contributed by atoms with Crippen molar-refractivity contribution < 1.29 is 96.1 Å². The Hall–Kier alpha value is -4.42. The van der Waals surface area contributed by atoms with Crippen LogP contribution in [0.3, 0.4) is 0 Å². The maximum atomic E-state index is 11.8. The second-order valence-electron chi connectivity index (χ2n) is 17.9. The quantitative estimate of drug-likeness (QED) is 0.0637. The Kier molecular flexibility index (Phi) is 42.8. The number of carboxylic acids is 2. The molecule has 0 radical (unpaired) electrons. The van der Waals surface area contributed by atoms with Gasteiger partial charge in [0.15, 0.2) is 23.1 Å². The standard InChI is InChI=1S/C25H43NO10.C24H41NO10/c1-19(27)16-20(24(31)32)7-8-23(30)26-9-11-34-13-14-35-17-21(28)6-5-10-33-12-15-36-18-22(29)25(2,3)4;1-18(2)22(28)17-35-14-11-32-9-4-5-21(27)16-34-13-12-33-10-8-25-23(29)7-6-20(24(30)31)15-19(3)26/h20H,5-18H2,1-4H3,(H,26,30)(H,31,32);18,20H,4-17H2,1-3H3,(H,25,29)(H,30,31)/t2*20-/m11/s1. The highest BCUT2D eigenvalue weighted by molar-refractivity contribution is 5.85. The first kappa shape index (κ1) is 68.7. The molecule has 0 saturated heterocycles. The molecule has 0 aliphatic rings. The Morgan fingerprint density at radius 1 is 0.451 bits per heavy atom. The molecule has 0 spiro atoms. The highest BCUT2D eigenvalue weighted by atomic mass is 16.5. The molecule has 0 aromatic rings. The van der Waals surface area contributed by atoms with Crippen molar-refractivity contribution >= 4 is 58.5 Å². The van der Waals surface area contributed by atoms with E-state index in [1.807, 2.05) is 34.6 Å². The SMILES string of the molecule is CC(=O)C[C@@H](CCC(=O)NCCOCCOCC(=O)CCCOCCOCC(=O)C(C)(C)C)C(=O)O.CC(=O)C[C@@H](CCC(=O)NCCOCCOCC(=O)CCCOCCOCC(=O)C(C)C)C(=O)O. The lowest BCUT2D eigenvalue weighted by Gasteiger charge is -2.16. The van der Waals surface area contributed by atoms with Crippen LogP contribution >= 0.6 is 0 Å². The average Bonchev–Trinajstić information content (AvgIpc) is 3.29. The molecule has 22 nitrogen and oxygen atoms in total. The Morgan fingerprint density at radius 3 is 1.13 bits per heavy atom. The van der Waals surface area contributed by atoms with Gasteiger partial charge in [-0.05, 0) is 39.5 Å². The third-order valence-corrected chi connectivity index (χ3v) is 9.80. The third-order valence-electron chi connectivity index (χ3n) is 9.80. The molecule has 2 amide bonds. The van der Waals surface area contributed by atoms with Gasteiger partial charge >= 0.3 is 11.9 Å². The van der Waals surface area contributed by atoms with Crippen molar-refractivity contribution in [3.63, 3.8) is 0 Å². The van der Waals surface area contributed by atoms with Crippen LogP contribution in [0.4, 0.5) is 0 Å². The van der Waals surface area contributed by atoms with Crippen LogP contribution in [0.1, 0.15) is 113 Å². The van der Waals surface area contributed by atoms with Crippen molar-refractivity contribution in [3.8, 4) is 0 Å². The second kappa shape index (κ2) is 44.3. The lowest BCUT2D eigenvalue weighted by molar-refractivity contribution is -0.144. The number of aliphatic carboxylic acids is 2. The number of Topliss-reactive ketones (excluding diaryl/α,β-unsaturated/α-hetero) is 6. The van der Waals surface area contributed by atoms with Crippen LogP contribution in [0.2, 0.25) is 0 Å². The van der Waals surface area contributed by atoms with E-state index in [4.69, 9.17) is 48.1 Å². The molecule has 2 atom stereocenters. The summed E-state index contributed by atoms with van der Waals surface area (Å²) in [6.07, 6.45) is 1.90. The van der Waals surface area contributed by atoms with Crippen LogP contribution in [-0.2, 0) is 85.8 Å². The Morgan fingerprint density at radius 2 is 0.789 bits per heavy atom. The van der Waals surface area contributed by atoms with Gasteiger partial charge in [-0.1, -0.05) is 34.6 Å². The molecule has 71 heavy (non-hydrogen) atoms. The predicted octanol–water partition coefficient (Wildman–Crippen LogP) is 2.80. The van der Waals surface area contributed by atoms with Gasteiger partial charge in [-0.25, -0.2) is 0 Å². The lowest BCUT2D eigenvalue weighted by atomic mass is 9.91. The largest absolute Gasteiger partial charge is 0.481 e. The molecule has 0 unspecified atom stereocenters. The van der Waals surface area contributed by atoms with Crippen molar-refractivity contribution in [2.24, 2.45) is 23.2 Å². The minimum absolute atomic E-state index is 0.00841. The Balaban J connectivity index is 0. The molecule has 22 heteroatoms. The normalized spacial score (nSPS) is 12.1. The number of amides is 2. The first-order valence-electron chi connectivity index (χ1n) is 24.3. The summed E-state index contributed by atoms with van der Waals surface area (Å²) in [5.41, 5.74) is -0.415. The minimum atomic E-state index is -1.08. The fourth-order valence-corrected chi connectivity index (χ4v) is 5.49. The highest BCUT2D eigenvalue weighted by Gasteiger charge is 2.22. The van der Waals surface area contributed by atoms with E-state index in [1.54, 1.807) is 0 Å². The van der Waals surface area contributed by atoms with Gasteiger partial charge in [-0.3, -0.25) is 38.4 Å². The van der Waals surface area contributed by atoms with E-state index in [0.717, 1.165) is 0 Å². The number of nitrogens with one attached hydrogen (secondary N) is 2. The van der Waals surface area contributed by atoms with E-state index >= 15 is 0 Å². The highest BCUT2D eigenvalue weighted by Crippen LogP contribution is 2.15. The number of rotatable bonds is 47. The number of ketones is 6. The van der Waals surface area contributed by atoms with Crippen molar-refractivity contribution in [1.29, 1.82) is 0 Å². The number of carbonyl (C=O) groups is 10. The van der Waals surface area contributed by atoms with E-state index in [1.165, 1.54) is 13.8 Å². The summed E-state index contributed by atoms with van der Waals surface area (Å²) in [7, 11) is 0. The van der Waals surface area contributed by atoms with Crippen molar-refractivity contribution in [2.45, 2.75) is 113 Å². The van der Waals surface area contributed by atoms with Gasteiger partial charge in [-0.2, -0.15) is 0 Å². The predicted molar refractivity (Wildman–Crippen MR) is 257 cm³/mol. The summed E-state index contributed by atoms with van der Waals surface area (Å²) >= 11 is 0. The van der Waals surface area contributed by atoms with Crippen LogP contribution in [0.5, 0.6) is 0 Å². The molecule has 410 valence electrons. The fraction of sp³-hybridized carbons (Fsp3) is 0.796. The maximum absolute atomic E-state index is 11.8. The molecule has 4 N–H and O–H groups in total. The van der Waals surface area contributed by atoms with Crippen LogP contribution in [0.15, 0.2) is 0 Å². The Bertz CT molecular complexity index is 1560. The minimum Gasteiger partial charge on any atom is -0.481 e. The summed E-state index contributed by atoms with van der Waals surface area (Å²) in [5, 5.41) is 23.3. The molecule has 0 aromatic carbocycles. The van der Waals surface area contributed by atoms with Gasteiger partial charge in [0, 0.05) is 76.2 Å². The van der Waals surface area contributed by atoms with Gasteiger partial charge in [-0.15, -0.1) is 0 Å². The Labute approximate surface area is 418 Å². The van der Waals surface area contributed by atoms with Gasteiger partial charge in [0.05, 0.1) is 77.9 Å². The summed E-state index contributed by atoms with van der Waals surface area (Å²) in [6.45, 7) is 16.3. The zero-order valence-corrected chi connectivity index (χ0v) is 43.3. The number of hydrogen-bond donors (Lipinski definition) is 4. The van der Waals surface area contributed by atoms with Crippen molar-refractivity contribution in [3.05, 3.63) is 0 Å². The van der Waals surface area contributed by atoms with Crippen LogP contribution in [0.25, 0.3) is 0 Å². The maximum Gasteiger partial charge on any atom is 0.306 e. The molecule has 0 saturated carbocycles. The molecule has 0 aliphatic carbocycles. The van der Waals surface area contributed by atoms with Gasteiger partial charge in [0.2, 0.25) is 11.8 Å². The van der Waals surface area contributed by atoms with Gasteiger partial charge in [0.25, 0.3) is 0 Å². The molecule has 0 heterocycles. The average molecular weight is 1020 g/mol. The molecular formula is C49H84N2O20. The van der Waals surface area contributed by atoms with Gasteiger partial charge < -0.3 is 68.3 Å². The smallest absolute Gasteiger partial charge is 0.306 e. The van der Waals surface area contributed by atoms with Crippen LogP contribution < -0.4 is 10.6 Å². The summed E-state index contributed by atoms with van der Waals surface area (Å²) in [5.74, 6) is -4.95. The molecule has 0 aliphatic heterocycles. The van der Waals surface area contributed by atoms with E-state index in [-0.39, 0.29) is 170 Å².